The number of rotatable bonds is 6. The standard InChI is InChI=1S/C13H23N3O5S/c1-5-13(2,3)10(17)12(19)16-8-6-7-9(16)11(18)14-15-22(4,20)21/h9,15H,5-8H2,1-4H3,(H,14,18)/t9-/m0/s1. The molecule has 0 radical (unpaired) electrons. The van der Waals surface area contributed by atoms with E-state index in [1.54, 1.807) is 13.8 Å². The Balaban J connectivity index is 2.80. The molecule has 1 atom stereocenters. The van der Waals surface area contributed by atoms with Gasteiger partial charge < -0.3 is 4.90 Å². The number of carbonyl (C=O) groups is 3. The molecule has 0 aliphatic carbocycles. The van der Waals surface area contributed by atoms with Gasteiger partial charge in [-0.3, -0.25) is 19.8 Å². The fraction of sp³-hybridized carbons (Fsp3) is 0.769. The minimum absolute atomic E-state index is 0.307. The van der Waals surface area contributed by atoms with Crippen molar-refractivity contribution in [3.8, 4) is 0 Å². The summed E-state index contributed by atoms with van der Waals surface area (Å²) in [5.74, 6) is -1.87. The molecule has 0 aromatic rings. The molecule has 0 aromatic heterocycles. The number of sulfonamides is 1. The first-order valence-electron chi connectivity index (χ1n) is 7.11. The van der Waals surface area contributed by atoms with Crippen molar-refractivity contribution in [2.45, 2.75) is 46.1 Å². The van der Waals surface area contributed by atoms with Gasteiger partial charge in [-0.05, 0) is 19.3 Å². The number of ketones is 1. The second-order valence-corrected chi connectivity index (χ2v) is 7.84. The van der Waals surface area contributed by atoms with Gasteiger partial charge in [0.1, 0.15) is 6.04 Å². The fourth-order valence-corrected chi connectivity index (χ4v) is 2.38. The van der Waals surface area contributed by atoms with Crippen molar-refractivity contribution in [1.29, 1.82) is 0 Å². The molecule has 1 rings (SSSR count). The molecule has 1 aliphatic rings. The third kappa shape index (κ3) is 4.51. The minimum atomic E-state index is -3.58. The summed E-state index contributed by atoms with van der Waals surface area (Å²) in [5.41, 5.74) is 1.27. The molecule has 2 N–H and O–H groups in total. The number of nitrogens with one attached hydrogen (secondary N) is 2. The zero-order valence-electron chi connectivity index (χ0n) is 13.3. The monoisotopic (exact) mass is 333 g/mol. The lowest BCUT2D eigenvalue weighted by atomic mass is 9.84. The number of hydrazine groups is 1. The molecule has 1 aliphatic heterocycles. The van der Waals surface area contributed by atoms with E-state index >= 15 is 0 Å². The summed E-state index contributed by atoms with van der Waals surface area (Å²) in [6, 6.07) is -0.835. The van der Waals surface area contributed by atoms with Crippen LogP contribution in [0.5, 0.6) is 0 Å². The van der Waals surface area contributed by atoms with Crippen molar-refractivity contribution in [3.63, 3.8) is 0 Å². The predicted octanol–water partition coefficient (Wildman–Crippen LogP) is -0.437. The van der Waals surface area contributed by atoms with Gasteiger partial charge in [0.15, 0.2) is 0 Å². The predicted molar refractivity (Wildman–Crippen MR) is 79.9 cm³/mol. The van der Waals surface area contributed by atoms with Gasteiger partial charge in [-0.1, -0.05) is 20.8 Å². The summed E-state index contributed by atoms with van der Waals surface area (Å²) in [6.45, 7) is 5.49. The first-order chi connectivity index (χ1) is 9.99. The van der Waals surface area contributed by atoms with Gasteiger partial charge in [-0.15, -0.1) is 4.83 Å². The SMILES string of the molecule is CCC(C)(C)C(=O)C(=O)N1CCC[C@H]1C(=O)NNS(C)(=O)=O. The second kappa shape index (κ2) is 6.74. The Hall–Kier alpha value is -1.48. The minimum Gasteiger partial charge on any atom is -0.324 e. The highest BCUT2D eigenvalue weighted by molar-refractivity contribution is 7.88. The Kier molecular flexibility index (Phi) is 5.69. The largest absolute Gasteiger partial charge is 0.324 e. The average molecular weight is 333 g/mol. The van der Waals surface area contributed by atoms with E-state index in [4.69, 9.17) is 0 Å². The lowest BCUT2D eigenvalue weighted by molar-refractivity contribution is -0.151. The molecular weight excluding hydrogens is 310 g/mol. The first kappa shape index (κ1) is 18.6. The molecule has 9 heteroatoms. The van der Waals surface area contributed by atoms with Crippen LogP contribution in [0, 0.1) is 5.41 Å². The van der Waals surface area contributed by atoms with Crippen LogP contribution in [0.4, 0.5) is 0 Å². The Morgan fingerprint density at radius 2 is 1.86 bits per heavy atom. The highest BCUT2D eigenvalue weighted by Crippen LogP contribution is 2.25. The van der Waals surface area contributed by atoms with Crippen LogP contribution in [0.2, 0.25) is 0 Å². The van der Waals surface area contributed by atoms with Gasteiger partial charge in [0.2, 0.25) is 15.8 Å². The van der Waals surface area contributed by atoms with Crippen LogP contribution in [0.3, 0.4) is 0 Å². The summed E-state index contributed by atoms with van der Waals surface area (Å²) in [4.78, 5) is 39.7. The molecule has 0 unspecified atom stereocenters. The van der Waals surface area contributed by atoms with E-state index in [1.807, 2.05) is 11.8 Å². The van der Waals surface area contributed by atoms with E-state index in [1.165, 1.54) is 4.90 Å². The second-order valence-electron chi connectivity index (χ2n) is 6.09. The maximum absolute atomic E-state index is 12.3. The third-order valence-corrected chi connectivity index (χ3v) is 4.34. The maximum Gasteiger partial charge on any atom is 0.291 e. The Labute approximate surface area is 130 Å². The number of amides is 2. The lowest BCUT2D eigenvalue weighted by Crippen LogP contribution is -2.53. The smallest absolute Gasteiger partial charge is 0.291 e. The molecule has 0 saturated carbocycles. The van der Waals surface area contributed by atoms with Gasteiger partial charge in [-0.2, -0.15) is 0 Å². The zero-order chi connectivity index (χ0) is 17.1. The van der Waals surface area contributed by atoms with Crippen molar-refractivity contribution < 1.29 is 22.8 Å². The van der Waals surface area contributed by atoms with Crippen LogP contribution in [0.1, 0.15) is 40.0 Å². The fourth-order valence-electron chi connectivity index (χ4n) is 2.09. The van der Waals surface area contributed by atoms with Crippen LogP contribution >= 0.6 is 0 Å². The van der Waals surface area contributed by atoms with Gasteiger partial charge in [0, 0.05) is 12.0 Å². The van der Waals surface area contributed by atoms with E-state index in [0.29, 0.717) is 25.8 Å². The quantitative estimate of drug-likeness (QED) is 0.505. The summed E-state index contributed by atoms with van der Waals surface area (Å²) in [5, 5.41) is 0. The molecule has 2 amide bonds. The maximum atomic E-state index is 12.3. The number of hydrogen-bond acceptors (Lipinski definition) is 5. The van der Waals surface area contributed by atoms with Crippen LogP contribution in [-0.2, 0) is 24.4 Å². The van der Waals surface area contributed by atoms with Crippen molar-refractivity contribution >= 4 is 27.6 Å². The summed E-state index contributed by atoms with van der Waals surface area (Å²) >= 11 is 0. The van der Waals surface area contributed by atoms with E-state index in [2.05, 4.69) is 5.43 Å². The molecular formula is C13H23N3O5S. The Morgan fingerprint density at radius 1 is 1.27 bits per heavy atom. The number of Topliss-reactive ketones (excluding diaryl/α,β-unsaturated/α-hetero) is 1. The Morgan fingerprint density at radius 3 is 2.36 bits per heavy atom. The molecule has 1 heterocycles. The first-order valence-corrected chi connectivity index (χ1v) is 9.01. The van der Waals surface area contributed by atoms with Crippen molar-refractivity contribution in [2.75, 3.05) is 12.8 Å². The van der Waals surface area contributed by atoms with E-state index < -0.39 is 39.1 Å². The highest BCUT2D eigenvalue weighted by atomic mass is 32.2. The molecule has 0 bridgehead atoms. The number of carbonyl (C=O) groups excluding carboxylic acids is 3. The van der Waals surface area contributed by atoms with Gasteiger partial charge >= 0.3 is 0 Å². The van der Waals surface area contributed by atoms with Gasteiger partial charge in [0.25, 0.3) is 11.8 Å². The van der Waals surface area contributed by atoms with Crippen LogP contribution < -0.4 is 10.3 Å². The number of nitrogens with zero attached hydrogens (tertiary/aromatic N) is 1. The summed E-state index contributed by atoms with van der Waals surface area (Å²) in [6.07, 6.45) is 2.39. The van der Waals surface area contributed by atoms with Crippen molar-refractivity contribution in [1.82, 2.24) is 15.2 Å². The van der Waals surface area contributed by atoms with Crippen LogP contribution in [-0.4, -0.2) is 49.8 Å². The normalized spacial score (nSPS) is 19.1. The molecule has 126 valence electrons. The lowest BCUT2D eigenvalue weighted by Gasteiger charge is -2.27. The van der Waals surface area contributed by atoms with Gasteiger partial charge in [0.05, 0.1) is 6.26 Å². The molecule has 8 nitrogen and oxygen atoms in total. The summed E-state index contributed by atoms with van der Waals surface area (Å²) in [7, 11) is -3.58. The Bertz CT molecular complexity index is 570. The van der Waals surface area contributed by atoms with Crippen LogP contribution in [0.15, 0.2) is 0 Å². The molecule has 0 spiro atoms. The van der Waals surface area contributed by atoms with E-state index in [9.17, 15) is 22.8 Å². The van der Waals surface area contributed by atoms with E-state index in [0.717, 1.165) is 6.26 Å². The zero-order valence-corrected chi connectivity index (χ0v) is 14.1. The number of likely N-dealkylation sites (tertiary alicyclic amines) is 1. The molecule has 1 saturated heterocycles. The third-order valence-electron chi connectivity index (χ3n) is 3.87. The van der Waals surface area contributed by atoms with Crippen molar-refractivity contribution in [3.05, 3.63) is 0 Å². The topological polar surface area (TPSA) is 113 Å². The molecule has 22 heavy (non-hydrogen) atoms. The van der Waals surface area contributed by atoms with Gasteiger partial charge in [-0.25, -0.2) is 8.42 Å². The molecule has 1 fully saturated rings. The average Bonchev–Trinajstić information content (AvgIpc) is 2.91. The van der Waals surface area contributed by atoms with Crippen LogP contribution in [0.25, 0.3) is 0 Å². The van der Waals surface area contributed by atoms with Crippen molar-refractivity contribution in [2.24, 2.45) is 5.41 Å². The highest BCUT2D eigenvalue weighted by Gasteiger charge is 2.41. The molecule has 0 aromatic carbocycles. The number of hydrogen-bond donors (Lipinski definition) is 2. The van der Waals surface area contributed by atoms with E-state index in [-0.39, 0.29) is 0 Å². The summed E-state index contributed by atoms with van der Waals surface area (Å²) < 4.78 is 22.0.